The third kappa shape index (κ3) is 5.13. The molecular formula is C24H25N3O2. The maximum atomic E-state index is 12.5. The van der Waals surface area contributed by atoms with Crippen LogP contribution in [0.15, 0.2) is 79.1 Å². The molecule has 0 aliphatic carbocycles. The van der Waals surface area contributed by atoms with Gasteiger partial charge in [0.15, 0.2) is 0 Å². The zero-order chi connectivity index (χ0) is 19.9. The molecule has 1 N–H and O–H groups in total. The summed E-state index contributed by atoms with van der Waals surface area (Å²) in [4.78, 5) is 18.9. The minimum atomic E-state index is -0.0344. The monoisotopic (exact) mass is 387 g/mol. The Morgan fingerprint density at radius 1 is 0.931 bits per heavy atom. The highest BCUT2D eigenvalue weighted by Gasteiger charge is 2.20. The van der Waals surface area contributed by atoms with Crippen LogP contribution in [0.3, 0.4) is 0 Å². The summed E-state index contributed by atoms with van der Waals surface area (Å²) in [5, 5.41) is 3.08. The number of nitrogens with zero attached hydrogens (tertiary/aromatic N) is 2. The number of ether oxygens (including phenoxy) is 1. The molecule has 1 amide bonds. The number of anilines is 1. The molecule has 2 heterocycles. The van der Waals surface area contributed by atoms with Gasteiger partial charge in [-0.25, -0.2) is 0 Å². The molecule has 0 radical (unpaired) electrons. The van der Waals surface area contributed by atoms with E-state index in [9.17, 15) is 4.79 Å². The predicted octanol–water partition coefficient (Wildman–Crippen LogP) is 4.52. The van der Waals surface area contributed by atoms with Crippen LogP contribution in [0.4, 0.5) is 5.69 Å². The van der Waals surface area contributed by atoms with Gasteiger partial charge in [0.2, 0.25) is 0 Å². The molecule has 4 rings (SSSR count). The highest BCUT2D eigenvalue weighted by atomic mass is 16.5. The molecule has 1 aromatic heterocycles. The van der Waals surface area contributed by atoms with Crippen molar-refractivity contribution in [2.45, 2.75) is 12.8 Å². The third-order valence-corrected chi connectivity index (χ3v) is 5.29. The van der Waals surface area contributed by atoms with Crippen molar-refractivity contribution in [3.8, 4) is 11.5 Å². The second-order valence-corrected chi connectivity index (χ2v) is 7.29. The first-order valence-electron chi connectivity index (χ1n) is 10.0. The molecule has 1 fully saturated rings. The average molecular weight is 387 g/mol. The topological polar surface area (TPSA) is 54.5 Å². The number of carbonyl (C=O) groups is 1. The van der Waals surface area contributed by atoms with Gasteiger partial charge in [0, 0.05) is 43.3 Å². The number of nitrogens with one attached hydrogen (secondary N) is 1. The Morgan fingerprint density at radius 3 is 2.28 bits per heavy atom. The number of hydrogen-bond acceptors (Lipinski definition) is 4. The van der Waals surface area contributed by atoms with E-state index in [1.54, 1.807) is 12.1 Å². The zero-order valence-electron chi connectivity index (χ0n) is 16.3. The molecule has 5 heteroatoms. The molecule has 29 heavy (non-hydrogen) atoms. The van der Waals surface area contributed by atoms with E-state index in [4.69, 9.17) is 4.74 Å². The summed E-state index contributed by atoms with van der Waals surface area (Å²) < 4.78 is 5.77. The summed E-state index contributed by atoms with van der Waals surface area (Å²) in [7, 11) is 0. The first kappa shape index (κ1) is 19.0. The maximum absolute atomic E-state index is 12.5. The molecule has 2 aromatic carbocycles. The minimum absolute atomic E-state index is 0.0344. The number of pyridine rings is 1. The van der Waals surface area contributed by atoms with Gasteiger partial charge in [-0.05, 0) is 67.3 Å². The molecule has 1 aliphatic heterocycles. The van der Waals surface area contributed by atoms with Crippen LogP contribution in [0.1, 0.15) is 23.2 Å². The van der Waals surface area contributed by atoms with Crippen molar-refractivity contribution in [2.75, 3.05) is 24.5 Å². The molecular weight excluding hydrogens is 362 g/mol. The Morgan fingerprint density at radius 2 is 1.59 bits per heavy atom. The quantitative estimate of drug-likeness (QED) is 0.676. The van der Waals surface area contributed by atoms with Crippen molar-refractivity contribution in [1.82, 2.24) is 10.3 Å². The number of benzene rings is 2. The van der Waals surface area contributed by atoms with Gasteiger partial charge in [0.05, 0.1) is 0 Å². The van der Waals surface area contributed by atoms with Gasteiger partial charge < -0.3 is 15.0 Å². The molecule has 0 spiro atoms. The first-order chi connectivity index (χ1) is 14.3. The highest BCUT2D eigenvalue weighted by molar-refractivity contribution is 5.94. The molecule has 5 nitrogen and oxygen atoms in total. The number of carbonyl (C=O) groups excluding carboxylic acids is 1. The molecule has 0 atom stereocenters. The fourth-order valence-corrected chi connectivity index (χ4v) is 3.59. The smallest absolute Gasteiger partial charge is 0.251 e. The van der Waals surface area contributed by atoms with Crippen molar-refractivity contribution < 1.29 is 9.53 Å². The third-order valence-electron chi connectivity index (χ3n) is 5.29. The molecule has 3 aromatic rings. The number of hydrogen-bond donors (Lipinski definition) is 1. The lowest BCUT2D eigenvalue weighted by atomic mass is 9.96. The van der Waals surface area contributed by atoms with Crippen molar-refractivity contribution in [3.63, 3.8) is 0 Å². The van der Waals surface area contributed by atoms with E-state index < -0.39 is 0 Å². The van der Waals surface area contributed by atoms with E-state index in [0.29, 0.717) is 18.0 Å². The Kier molecular flexibility index (Phi) is 6.05. The SMILES string of the molecule is O=C(NCC1CCN(c2ccncc2)CC1)c1ccc(Oc2ccccc2)cc1. The molecule has 148 valence electrons. The van der Waals surface area contributed by atoms with Gasteiger partial charge in [-0.2, -0.15) is 0 Å². The van der Waals surface area contributed by atoms with Gasteiger partial charge in [-0.3, -0.25) is 9.78 Å². The highest BCUT2D eigenvalue weighted by Crippen LogP contribution is 2.23. The summed E-state index contributed by atoms with van der Waals surface area (Å²) in [6, 6.07) is 21.0. The normalized spacial score (nSPS) is 14.4. The number of amides is 1. The lowest BCUT2D eigenvalue weighted by Gasteiger charge is -2.33. The molecule has 0 unspecified atom stereocenters. The van der Waals surface area contributed by atoms with Crippen molar-refractivity contribution >= 4 is 11.6 Å². The van der Waals surface area contributed by atoms with Crippen molar-refractivity contribution in [1.29, 1.82) is 0 Å². The number of piperidine rings is 1. The van der Waals surface area contributed by atoms with Gasteiger partial charge in [0.25, 0.3) is 5.91 Å². The maximum Gasteiger partial charge on any atom is 0.251 e. The standard InChI is InChI=1S/C24H25N3O2/c28-24(20-6-8-23(9-7-20)29-22-4-2-1-3-5-22)26-18-19-12-16-27(17-13-19)21-10-14-25-15-11-21/h1-11,14-15,19H,12-13,16-18H2,(H,26,28). The Bertz CT molecular complexity index is 906. The van der Waals surface area contributed by atoms with Crippen molar-refractivity contribution in [2.24, 2.45) is 5.92 Å². The van der Waals surface area contributed by atoms with Crippen LogP contribution in [0.25, 0.3) is 0 Å². The fraction of sp³-hybridized carbons (Fsp3) is 0.250. The summed E-state index contributed by atoms with van der Waals surface area (Å²) in [5.41, 5.74) is 1.87. The van der Waals surface area contributed by atoms with Crippen LogP contribution in [0.2, 0.25) is 0 Å². The van der Waals surface area contributed by atoms with E-state index in [0.717, 1.165) is 37.4 Å². The summed E-state index contributed by atoms with van der Waals surface area (Å²) >= 11 is 0. The summed E-state index contributed by atoms with van der Waals surface area (Å²) in [6.07, 6.45) is 5.81. The van der Waals surface area contributed by atoms with Crippen LogP contribution in [0.5, 0.6) is 11.5 Å². The second-order valence-electron chi connectivity index (χ2n) is 7.29. The predicted molar refractivity (Wildman–Crippen MR) is 114 cm³/mol. The second kappa shape index (κ2) is 9.24. The molecule has 0 saturated carbocycles. The summed E-state index contributed by atoms with van der Waals surface area (Å²) in [5.74, 6) is 1.98. The van der Waals surface area contributed by atoms with Gasteiger partial charge >= 0.3 is 0 Å². The van der Waals surface area contributed by atoms with Crippen LogP contribution in [-0.4, -0.2) is 30.5 Å². The zero-order valence-corrected chi connectivity index (χ0v) is 16.3. The van der Waals surface area contributed by atoms with E-state index >= 15 is 0 Å². The van der Waals surface area contributed by atoms with Crippen LogP contribution in [-0.2, 0) is 0 Å². The van der Waals surface area contributed by atoms with Gasteiger partial charge in [0.1, 0.15) is 11.5 Å². The lowest BCUT2D eigenvalue weighted by molar-refractivity contribution is 0.0945. The van der Waals surface area contributed by atoms with Gasteiger partial charge in [-0.1, -0.05) is 18.2 Å². The summed E-state index contributed by atoms with van der Waals surface area (Å²) in [6.45, 7) is 2.73. The number of para-hydroxylation sites is 1. The van der Waals surface area contributed by atoms with Crippen LogP contribution < -0.4 is 15.0 Å². The molecule has 1 aliphatic rings. The Labute approximate surface area is 171 Å². The van der Waals surface area contributed by atoms with Crippen LogP contribution >= 0.6 is 0 Å². The van der Waals surface area contributed by atoms with Crippen LogP contribution in [0, 0.1) is 5.92 Å². The Hall–Kier alpha value is -3.34. The lowest BCUT2D eigenvalue weighted by Crippen LogP contribution is -2.38. The van der Waals surface area contributed by atoms with Gasteiger partial charge in [-0.15, -0.1) is 0 Å². The van der Waals surface area contributed by atoms with E-state index in [2.05, 4.69) is 15.2 Å². The average Bonchev–Trinajstić information content (AvgIpc) is 2.80. The molecule has 1 saturated heterocycles. The Balaban J connectivity index is 1.24. The molecule has 0 bridgehead atoms. The van der Waals surface area contributed by atoms with E-state index in [-0.39, 0.29) is 5.91 Å². The largest absolute Gasteiger partial charge is 0.457 e. The number of rotatable bonds is 6. The van der Waals surface area contributed by atoms with Crippen molar-refractivity contribution in [3.05, 3.63) is 84.7 Å². The first-order valence-corrected chi connectivity index (χ1v) is 10.0. The minimum Gasteiger partial charge on any atom is -0.457 e. The fourth-order valence-electron chi connectivity index (χ4n) is 3.59. The van der Waals surface area contributed by atoms with E-state index in [1.807, 2.05) is 67.0 Å². The van der Waals surface area contributed by atoms with E-state index in [1.165, 1.54) is 5.69 Å². The number of aromatic nitrogens is 1.